The standard InChI is InChI=1S/C16H27N5O3/c1-4-19(5-2)6-7-20-8-10-21(11-9-20)15(23)13-12-18(3)16(24)17-14(13)22/h12H,4-11H2,1-3H3,(H,17,22,24). The summed E-state index contributed by atoms with van der Waals surface area (Å²) in [6, 6.07) is 0. The van der Waals surface area contributed by atoms with Crippen molar-refractivity contribution >= 4 is 5.91 Å². The zero-order chi connectivity index (χ0) is 17.7. The molecule has 8 heteroatoms. The van der Waals surface area contributed by atoms with Gasteiger partial charge in [-0.25, -0.2) is 4.79 Å². The molecule has 1 saturated heterocycles. The summed E-state index contributed by atoms with van der Waals surface area (Å²) in [7, 11) is 1.51. The Labute approximate surface area is 141 Å². The molecule has 0 bridgehead atoms. The van der Waals surface area contributed by atoms with E-state index in [1.807, 2.05) is 0 Å². The van der Waals surface area contributed by atoms with Crippen LogP contribution in [-0.4, -0.2) is 82.5 Å². The molecule has 1 fully saturated rings. The minimum Gasteiger partial charge on any atom is -0.336 e. The smallest absolute Gasteiger partial charge is 0.328 e. The third-order valence-corrected chi connectivity index (χ3v) is 4.62. The molecule has 2 heterocycles. The highest BCUT2D eigenvalue weighted by Crippen LogP contribution is 2.06. The van der Waals surface area contributed by atoms with Gasteiger partial charge in [0.05, 0.1) is 0 Å². The van der Waals surface area contributed by atoms with Crippen molar-refractivity contribution in [3.8, 4) is 0 Å². The normalized spacial score (nSPS) is 15.9. The second kappa shape index (κ2) is 8.25. The molecular weight excluding hydrogens is 310 g/mol. The van der Waals surface area contributed by atoms with Crippen LogP contribution in [0, 0.1) is 0 Å². The lowest BCUT2D eigenvalue weighted by Gasteiger charge is -2.35. The van der Waals surface area contributed by atoms with Crippen molar-refractivity contribution in [2.45, 2.75) is 13.8 Å². The number of hydrogen-bond donors (Lipinski definition) is 1. The molecule has 2 rings (SSSR count). The fourth-order valence-corrected chi connectivity index (χ4v) is 2.88. The Kier molecular flexibility index (Phi) is 6.33. The number of nitrogens with zero attached hydrogens (tertiary/aromatic N) is 4. The molecule has 1 aromatic heterocycles. The summed E-state index contributed by atoms with van der Waals surface area (Å²) in [6.45, 7) is 11.2. The largest absolute Gasteiger partial charge is 0.336 e. The zero-order valence-electron chi connectivity index (χ0n) is 14.7. The summed E-state index contributed by atoms with van der Waals surface area (Å²) < 4.78 is 1.22. The van der Waals surface area contributed by atoms with E-state index in [9.17, 15) is 14.4 Å². The van der Waals surface area contributed by atoms with Crippen molar-refractivity contribution in [3.63, 3.8) is 0 Å². The highest BCUT2D eigenvalue weighted by Gasteiger charge is 2.24. The number of rotatable bonds is 6. The lowest BCUT2D eigenvalue weighted by atomic mass is 10.2. The first-order chi connectivity index (χ1) is 11.5. The lowest BCUT2D eigenvalue weighted by molar-refractivity contribution is 0.0622. The number of aryl methyl sites for hydroxylation is 1. The number of aromatic amines is 1. The quantitative estimate of drug-likeness (QED) is 0.733. The summed E-state index contributed by atoms with van der Waals surface area (Å²) in [5.41, 5.74) is -1.11. The number of aromatic nitrogens is 2. The number of carbonyl (C=O) groups excluding carboxylic acids is 1. The van der Waals surface area contributed by atoms with Gasteiger partial charge >= 0.3 is 5.69 Å². The summed E-state index contributed by atoms with van der Waals surface area (Å²) in [5.74, 6) is -0.310. The second-order valence-electron chi connectivity index (χ2n) is 6.07. The van der Waals surface area contributed by atoms with E-state index in [1.54, 1.807) is 4.90 Å². The first-order valence-corrected chi connectivity index (χ1v) is 8.50. The van der Waals surface area contributed by atoms with Crippen molar-refractivity contribution in [3.05, 3.63) is 32.6 Å². The van der Waals surface area contributed by atoms with Gasteiger partial charge in [-0.1, -0.05) is 13.8 Å². The highest BCUT2D eigenvalue weighted by molar-refractivity contribution is 5.93. The van der Waals surface area contributed by atoms with Crippen LogP contribution < -0.4 is 11.2 Å². The Balaban J connectivity index is 1.92. The number of amides is 1. The Morgan fingerprint density at radius 2 is 1.79 bits per heavy atom. The van der Waals surface area contributed by atoms with Gasteiger partial charge in [0.1, 0.15) is 5.56 Å². The van der Waals surface area contributed by atoms with E-state index >= 15 is 0 Å². The van der Waals surface area contributed by atoms with Crippen LogP contribution in [0.15, 0.2) is 15.8 Å². The molecule has 0 radical (unpaired) electrons. The van der Waals surface area contributed by atoms with Crippen molar-refractivity contribution < 1.29 is 4.79 Å². The average molecular weight is 337 g/mol. The molecular formula is C16H27N5O3. The van der Waals surface area contributed by atoms with Crippen LogP contribution in [0.2, 0.25) is 0 Å². The maximum absolute atomic E-state index is 12.5. The number of nitrogens with one attached hydrogen (secondary N) is 1. The van der Waals surface area contributed by atoms with Crippen molar-refractivity contribution in [1.29, 1.82) is 0 Å². The fourth-order valence-electron chi connectivity index (χ4n) is 2.88. The molecule has 0 spiro atoms. The van der Waals surface area contributed by atoms with Gasteiger partial charge in [0.2, 0.25) is 0 Å². The Morgan fingerprint density at radius 3 is 2.38 bits per heavy atom. The van der Waals surface area contributed by atoms with Gasteiger partial charge in [0.15, 0.2) is 0 Å². The summed E-state index contributed by atoms with van der Waals surface area (Å²) in [5, 5.41) is 0. The third kappa shape index (κ3) is 4.33. The van der Waals surface area contributed by atoms with Gasteiger partial charge in [-0.05, 0) is 13.1 Å². The summed E-state index contributed by atoms with van der Waals surface area (Å²) in [6.07, 6.45) is 1.32. The minimum absolute atomic E-state index is 0.0219. The highest BCUT2D eigenvalue weighted by atomic mass is 16.2. The molecule has 0 aliphatic carbocycles. The van der Waals surface area contributed by atoms with Crippen molar-refractivity contribution in [2.24, 2.45) is 7.05 Å². The predicted octanol–water partition coefficient (Wildman–Crippen LogP) is -0.827. The van der Waals surface area contributed by atoms with Crippen molar-refractivity contribution in [1.82, 2.24) is 24.3 Å². The van der Waals surface area contributed by atoms with Crippen LogP contribution in [0.25, 0.3) is 0 Å². The first kappa shape index (κ1) is 18.4. The van der Waals surface area contributed by atoms with Gasteiger partial charge in [-0.3, -0.25) is 19.5 Å². The van der Waals surface area contributed by atoms with Crippen molar-refractivity contribution in [2.75, 3.05) is 52.4 Å². The molecule has 8 nitrogen and oxygen atoms in total. The van der Waals surface area contributed by atoms with E-state index in [4.69, 9.17) is 0 Å². The predicted molar refractivity (Wildman–Crippen MR) is 92.4 cm³/mol. The Bertz CT molecular complexity index is 669. The molecule has 0 unspecified atom stereocenters. The number of likely N-dealkylation sites (N-methyl/N-ethyl adjacent to an activating group) is 1. The third-order valence-electron chi connectivity index (χ3n) is 4.62. The topological polar surface area (TPSA) is 81.7 Å². The molecule has 134 valence electrons. The zero-order valence-corrected chi connectivity index (χ0v) is 14.7. The van der Waals surface area contributed by atoms with Crippen LogP contribution in [-0.2, 0) is 7.05 Å². The second-order valence-corrected chi connectivity index (χ2v) is 6.07. The van der Waals surface area contributed by atoms with Gasteiger partial charge in [-0.2, -0.15) is 0 Å². The van der Waals surface area contributed by atoms with Gasteiger partial charge in [-0.15, -0.1) is 0 Å². The van der Waals surface area contributed by atoms with E-state index in [1.165, 1.54) is 17.8 Å². The summed E-state index contributed by atoms with van der Waals surface area (Å²) >= 11 is 0. The van der Waals surface area contributed by atoms with E-state index in [2.05, 4.69) is 28.6 Å². The molecule has 1 amide bonds. The maximum Gasteiger partial charge on any atom is 0.328 e. The molecule has 24 heavy (non-hydrogen) atoms. The molecule has 1 aliphatic heterocycles. The minimum atomic E-state index is -0.618. The van der Waals surface area contributed by atoms with E-state index in [-0.39, 0.29) is 11.5 Å². The van der Waals surface area contributed by atoms with Gasteiger partial charge < -0.3 is 14.4 Å². The van der Waals surface area contributed by atoms with Gasteiger partial charge in [0.25, 0.3) is 11.5 Å². The number of piperazine rings is 1. The van der Waals surface area contributed by atoms with Crippen LogP contribution in [0.3, 0.4) is 0 Å². The van der Waals surface area contributed by atoms with Crippen LogP contribution >= 0.6 is 0 Å². The molecule has 0 saturated carbocycles. The van der Waals surface area contributed by atoms with Crippen LogP contribution in [0.5, 0.6) is 0 Å². The van der Waals surface area contributed by atoms with E-state index in [0.29, 0.717) is 13.1 Å². The first-order valence-electron chi connectivity index (χ1n) is 8.50. The molecule has 1 aromatic rings. The molecule has 0 atom stereocenters. The maximum atomic E-state index is 12.5. The molecule has 1 aliphatic rings. The summed E-state index contributed by atoms with van der Waals surface area (Å²) in [4.78, 5) is 44.3. The molecule has 0 aromatic carbocycles. The van der Waals surface area contributed by atoms with Crippen LogP contribution in [0.4, 0.5) is 0 Å². The average Bonchev–Trinajstić information content (AvgIpc) is 2.59. The Morgan fingerprint density at radius 1 is 1.17 bits per heavy atom. The monoisotopic (exact) mass is 337 g/mol. The number of carbonyl (C=O) groups is 1. The molecule has 1 N–H and O–H groups in total. The lowest BCUT2D eigenvalue weighted by Crippen LogP contribution is -2.51. The fraction of sp³-hybridized carbons (Fsp3) is 0.688. The van der Waals surface area contributed by atoms with E-state index < -0.39 is 11.2 Å². The van der Waals surface area contributed by atoms with E-state index in [0.717, 1.165) is 39.3 Å². The van der Waals surface area contributed by atoms with Crippen LogP contribution in [0.1, 0.15) is 24.2 Å². The van der Waals surface area contributed by atoms with Gasteiger partial charge in [0, 0.05) is 52.5 Å². The Hall–Kier alpha value is -1.93. The SMILES string of the molecule is CCN(CC)CCN1CCN(C(=O)c2cn(C)c(=O)[nH]c2=O)CC1. The number of hydrogen-bond acceptors (Lipinski definition) is 5. The number of H-pyrrole nitrogens is 1.